The third-order valence-electron chi connectivity index (χ3n) is 2.72. The Labute approximate surface area is 99.7 Å². The van der Waals surface area contributed by atoms with Crippen LogP contribution in [0.4, 0.5) is 0 Å². The molecule has 0 aliphatic heterocycles. The molecule has 1 rings (SSSR count). The molecule has 0 bridgehead atoms. The van der Waals surface area contributed by atoms with E-state index in [4.69, 9.17) is 0 Å². The maximum Gasteiger partial charge on any atom is 0.0474 e. The van der Waals surface area contributed by atoms with Gasteiger partial charge in [0.1, 0.15) is 0 Å². The molecule has 0 unspecified atom stereocenters. The molecule has 1 aromatic rings. The number of pyridine rings is 1. The van der Waals surface area contributed by atoms with E-state index in [-0.39, 0.29) is 0 Å². The van der Waals surface area contributed by atoms with E-state index in [0.29, 0.717) is 11.8 Å². The molecule has 1 heterocycles. The van der Waals surface area contributed by atoms with Crippen LogP contribution in [0.15, 0.2) is 12.3 Å². The number of hydrogen-bond acceptors (Lipinski definition) is 2. The fraction of sp³-hybridized carbons (Fsp3) is 0.643. The quantitative estimate of drug-likeness (QED) is 0.773. The van der Waals surface area contributed by atoms with Crippen molar-refractivity contribution >= 4 is 0 Å². The minimum atomic E-state index is 0.496. The first-order valence-corrected chi connectivity index (χ1v) is 6.05. The van der Waals surface area contributed by atoms with E-state index in [1.165, 1.54) is 16.8 Å². The second-order valence-corrected chi connectivity index (χ2v) is 5.36. The first kappa shape index (κ1) is 13.2. The molecule has 0 atom stereocenters. The molecule has 2 nitrogen and oxygen atoms in total. The molecule has 0 aromatic carbocycles. The van der Waals surface area contributed by atoms with E-state index in [0.717, 1.165) is 6.54 Å². The minimum Gasteiger partial charge on any atom is -0.305 e. The maximum absolute atomic E-state index is 4.63. The van der Waals surface area contributed by atoms with Gasteiger partial charge in [0, 0.05) is 18.4 Å². The van der Waals surface area contributed by atoms with Crippen molar-refractivity contribution in [3.63, 3.8) is 0 Å². The largest absolute Gasteiger partial charge is 0.305 e. The minimum absolute atomic E-state index is 0.496. The van der Waals surface area contributed by atoms with Crippen LogP contribution in [-0.2, 0) is 6.54 Å². The molecule has 0 aliphatic carbocycles. The van der Waals surface area contributed by atoms with Gasteiger partial charge in [0.2, 0.25) is 0 Å². The third kappa shape index (κ3) is 3.31. The van der Waals surface area contributed by atoms with Crippen LogP contribution in [0, 0.1) is 0 Å². The molecule has 0 fully saturated rings. The highest BCUT2D eigenvalue weighted by Crippen LogP contribution is 2.22. The fourth-order valence-electron chi connectivity index (χ4n) is 1.84. The van der Waals surface area contributed by atoms with Crippen molar-refractivity contribution in [3.8, 4) is 0 Å². The normalized spacial score (nSPS) is 11.8. The molecule has 90 valence electrons. The number of aromatic nitrogens is 1. The van der Waals surface area contributed by atoms with Crippen molar-refractivity contribution in [2.24, 2.45) is 0 Å². The van der Waals surface area contributed by atoms with E-state index in [2.05, 4.69) is 57.7 Å². The Morgan fingerprint density at radius 1 is 1.12 bits per heavy atom. The smallest absolute Gasteiger partial charge is 0.0474 e. The summed E-state index contributed by atoms with van der Waals surface area (Å²) in [6.45, 7) is 9.81. The molecule has 2 heteroatoms. The van der Waals surface area contributed by atoms with E-state index in [9.17, 15) is 0 Å². The Balaban J connectivity index is 3.10. The molecule has 0 N–H and O–H groups in total. The average Bonchev–Trinajstić information content (AvgIpc) is 2.15. The van der Waals surface area contributed by atoms with Crippen molar-refractivity contribution in [1.29, 1.82) is 0 Å². The summed E-state index contributed by atoms with van der Waals surface area (Å²) in [4.78, 5) is 6.83. The van der Waals surface area contributed by atoms with Crippen LogP contribution in [-0.4, -0.2) is 24.0 Å². The lowest BCUT2D eigenvalue weighted by Gasteiger charge is -2.17. The Bertz CT molecular complexity index is 341. The van der Waals surface area contributed by atoms with Crippen molar-refractivity contribution in [2.75, 3.05) is 14.1 Å². The van der Waals surface area contributed by atoms with Gasteiger partial charge in [0.15, 0.2) is 0 Å². The van der Waals surface area contributed by atoms with Crippen molar-refractivity contribution < 1.29 is 0 Å². The van der Waals surface area contributed by atoms with E-state index in [1.54, 1.807) is 0 Å². The topological polar surface area (TPSA) is 16.1 Å². The van der Waals surface area contributed by atoms with Crippen LogP contribution in [0.1, 0.15) is 56.4 Å². The first-order valence-electron chi connectivity index (χ1n) is 6.05. The lowest BCUT2D eigenvalue weighted by atomic mass is 9.98. The summed E-state index contributed by atoms with van der Waals surface area (Å²) in [5.41, 5.74) is 3.94. The third-order valence-corrected chi connectivity index (χ3v) is 2.72. The summed E-state index contributed by atoms with van der Waals surface area (Å²) in [5, 5.41) is 0. The van der Waals surface area contributed by atoms with Gasteiger partial charge in [-0.1, -0.05) is 33.8 Å². The molecule has 0 saturated carbocycles. The van der Waals surface area contributed by atoms with Crippen molar-refractivity contribution in [2.45, 2.75) is 46.1 Å². The summed E-state index contributed by atoms with van der Waals surface area (Å²) >= 11 is 0. The van der Waals surface area contributed by atoms with Crippen LogP contribution >= 0.6 is 0 Å². The van der Waals surface area contributed by atoms with Gasteiger partial charge in [-0.25, -0.2) is 0 Å². The predicted octanol–water partition coefficient (Wildman–Crippen LogP) is 3.39. The number of nitrogens with zero attached hydrogens (tertiary/aromatic N) is 2. The zero-order chi connectivity index (χ0) is 12.3. The Morgan fingerprint density at radius 2 is 1.75 bits per heavy atom. The lowest BCUT2D eigenvalue weighted by molar-refractivity contribution is 0.399. The summed E-state index contributed by atoms with van der Waals surface area (Å²) in [6.07, 6.45) is 2.03. The standard InChI is InChI=1S/C14H24N2/c1-10(2)12-7-13(9-16(5)6)14(11(3)4)15-8-12/h7-8,10-11H,9H2,1-6H3. The van der Waals surface area contributed by atoms with Crippen LogP contribution in [0.3, 0.4) is 0 Å². The zero-order valence-corrected chi connectivity index (χ0v) is 11.4. The first-order chi connectivity index (χ1) is 7.41. The highest BCUT2D eigenvalue weighted by molar-refractivity contribution is 5.29. The van der Waals surface area contributed by atoms with Gasteiger partial charge in [-0.3, -0.25) is 4.98 Å². The molecule has 16 heavy (non-hydrogen) atoms. The van der Waals surface area contributed by atoms with E-state index >= 15 is 0 Å². The van der Waals surface area contributed by atoms with Crippen LogP contribution in [0.5, 0.6) is 0 Å². The Morgan fingerprint density at radius 3 is 2.19 bits per heavy atom. The Hall–Kier alpha value is -0.890. The van der Waals surface area contributed by atoms with Gasteiger partial charge >= 0.3 is 0 Å². The van der Waals surface area contributed by atoms with Gasteiger partial charge < -0.3 is 4.90 Å². The summed E-state index contributed by atoms with van der Waals surface area (Å²) in [5.74, 6) is 1.05. The number of hydrogen-bond donors (Lipinski definition) is 0. The molecular weight excluding hydrogens is 196 g/mol. The maximum atomic E-state index is 4.63. The lowest BCUT2D eigenvalue weighted by Crippen LogP contribution is -2.14. The van der Waals surface area contributed by atoms with Crippen LogP contribution < -0.4 is 0 Å². The second-order valence-electron chi connectivity index (χ2n) is 5.36. The Kier molecular flexibility index (Phi) is 4.48. The summed E-state index contributed by atoms with van der Waals surface area (Å²) in [7, 11) is 4.21. The van der Waals surface area contributed by atoms with E-state index in [1.807, 2.05) is 6.20 Å². The molecule has 0 spiro atoms. The fourth-order valence-corrected chi connectivity index (χ4v) is 1.84. The van der Waals surface area contributed by atoms with E-state index < -0.39 is 0 Å². The summed E-state index contributed by atoms with van der Waals surface area (Å²) < 4.78 is 0. The molecule has 1 aromatic heterocycles. The van der Waals surface area contributed by atoms with Crippen LogP contribution in [0.2, 0.25) is 0 Å². The van der Waals surface area contributed by atoms with Gasteiger partial charge in [0.25, 0.3) is 0 Å². The molecule has 0 saturated heterocycles. The molecule has 0 amide bonds. The summed E-state index contributed by atoms with van der Waals surface area (Å²) in [6, 6.07) is 2.31. The van der Waals surface area contributed by atoms with Gasteiger partial charge in [0.05, 0.1) is 0 Å². The molecule has 0 aliphatic rings. The van der Waals surface area contributed by atoms with Gasteiger partial charge in [-0.15, -0.1) is 0 Å². The number of rotatable bonds is 4. The SMILES string of the molecule is CC(C)c1cnc(C(C)C)c(CN(C)C)c1. The zero-order valence-electron chi connectivity index (χ0n) is 11.4. The second kappa shape index (κ2) is 5.44. The van der Waals surface area contributed by atoms with Crippen molar-refractivity contribution in [3.05, 3.63) is 29.1 Å². The highest BCUT2D eigenvalue weighted by Gasteiger charge is 2.11. The van der Waals surface area contributed by atoms with Gasteiger partial charge in [-0.2, -0.15) is 0 Å². The monoisotopic (exact) mass is 220 g/mol. The van der Waals surface area contributed by atoms with Crippen LogP contribution in [0.25, 0.3) is 0 Å². The average molecular weight is 220 g/mol. The molecular formula is C14H24N2. The molecule has 0 radical (unpaired) electrons. The highest BCUT2D eigenvalue weighted by atomic mass is 15.0. The van der Waals surface area contributed by atoms with Crippen molar-refractivity contribution in [1.82, 2.24) is 9.88 Å². The predicted molar refractivity (Wildman–Crippen MR) is 69.8 cm³/mol. The van der Waals surface area contributed by atoms with Gasteiger partial charge in [-0.05, 0) is 37.1 Å².